The zero-order valence-corrected chi connectivity index (χ0v) is 12.6. The summed E-state index contributed by atoms with van der Waals surface area (Å²) in [4.78, 5) is 22.0. The van der Waals surface area contributed by atoms with Crippen LogP contribution in [0.2, 0.25) is 5.02 Å². The summed E-state index contributed by atoms with van der Waals surface area (Å²) < 4.78 is 13.6. The number of rotatable bonds is 3. The number of nitro benzene ring substituents is 1. The van der Waals surface area contributed by atoms with E-state index in [1.54, 1.807) is 0 Å². The number of carbonyl (C=O) groups excluding carboxylic acids is 1. The van der Waals surface area contributed by atoms with Gasteiger partial charge in [0.1, 0.15) is 5.82 Å². The lowest BCUT2D eigenvalue weighted by Gasteiger charge is -2.07. The number of halogens is 3. The number of carbonyl (C=O) groups is 1. The number of nitro groups is 1. The highest BCUT2D eigenvalue weighted by atomic mass is 79.9. The van der Waals surface area contributed by atoms with Crippen molar-refractivity contribution in [2.24, 2.45) is 0 Å². The molecule has 2 rings (SSSR count). The quantitative estimate of drug-likeness (QED) is 0.640. The SMILES string of the molecule is O=C(Nc1ccc(Br)c(F)c1)c1ccc([N+](=O)[O-])cc1Cl. The highest BCUT2D eigenvalue weighted by Crippen LogP contribution is 2.24. The Balaban J connectivity index is 2.24. The largest absolute Gasteiger partial charge is 0.322 e. The van der Waals surface area contributed by atoms with Gasteiger partial charge in [0, 0.05) is 17.8 Å². The molecule has 1 N–H and O–H groups in total. The number of nitrogens with one attached hydrogen (secondary N) is 1. The summed E-state index contributed by atoms with van der Waals surface area (Å²) >= 11 is 8.85. The minimum Gasteiger partial charge on any atom is -0.322 e. The number of benzene rings is 2. The molecular formula is C13H7BrClFN2O3. The first-order chi connectivity index (χ1) is 9.88. The molecule has 0 radical (unpaired) electrons. The van der Waals surface area contributed by atoms with Crippen LogP contribution in [0.3, 0.4) is 0 Å². The van der Waals surface area contributed by atoms with Crippen LogP contribution in [0.4, 0.5) is 15.8 Å². The van der Waals surface area contributed by atoms with E-state index in [-0.39, 0.29) is 26.4 Å². The molecule has 1 amide bonds. The van der Waals surface area contributed by atoms with E-state index in [9.17, 15) is 19.3 Å². The van der Waals surface area contributed by atoms with Gasteiger partial charge in [-0.05, 0) is 40.2 Å². The van der Waals surface area contributed by atoms with Crippen molar-refractivity contribution in [1.29, 1.82) is 0 Å². The zero-order valence-electron chi connectivity index (χ0n) is 10.3. The molecule has 2 aromatic carbocycles. The van der Waals surface area contributed by atoms with Crippen LogP contribution in [0.1, 0.15) is 10.4 Å². The van der Waals surface area contributed by atoms with Crippen LogP contribution in [0, 0.1) is 15.9 Å². The number of non-ortho nitro benzene ring substituents is 1. The third-order valence-corrected chi connectivity index (χ3v) is 3.54. The fourth-order valence-electron chi connectivity index (χ4n) is 1.57. The van der Waals surface area contributed by atoms with Crippen molar-refractivity contribution in [1.82, 2.24) is 0 Å². The molecule has 0 unspecified atom stereocenters. The minimum atomic E-state index is -0.613. The topological polar surface area (TPSA) is 72.2 Å². The van der Waals surface area contributed by atoms with E-state index < -0.39 is 16.6 Å². The molecule has 0 aliphatic rings. The molecule has 0 atom stereocenters. The second-order valence-electron chi connectivity index (χ2n) is 4.00. The van der Waals surface area contributed by atoms with E-state index >= 15 is 0 Å². The van der Waals surface area contributed by atoms with Gasteiger partial charge >= 0.3 is 0 Å². The van der Waals surface area contributed by atoms with Crippen LogP contribution in [0.15, 0.2) is 40.9 Å². The van der Waals surface area contributed by atoms with Crippen LogP contribution in [0.5, 0.6) is 0 Å². The average Bonchev–Trinajstić information content (AvgIpc) is 2.42. The molecule has 0 heterocycles. The summed E-state index contributed by atoms with van der Waals surface area (Å²) in [5.41, 5.74) is 0.0898. The Labute approximate surface area is 132 Å². The normalized spacial score (nSPS) is 10.2. The number of anilines is 1. The van der Waals surface area contributed by atoms with Gasteiger partial charge in [0.2, 0.25) is 0 Å². The Morgan fingerprint density at radius 3 is 2.57 bits per heavy atom. The minimum absolute atomic E-state index is 0.0562. The van der Waals surface area contributed by atoms with Gasteiger partial charge in [0.25, 0.3) is 11.6 Å². The standard InChI is InChI=1S/C13H7BrClFN2O3/c14-10-4-1-7(5-12(10)16)17-13(19)9-3-2-8(18(20)21)6-11(9)15/h1-6H,(H,17,19). The molecule has 0 saturated heterocycles. The first-order valence-corrected chi connectivity index (χ1v) is 6.76. The van der Waals surface area contributed by atoms with E-state index in [1.165, 1.54) is 24.3 Å². The molecular weight excluding hydrogens is 367 g/mol. The van der Waals surface area contributed by atoms with Gasteiger partial charge in [0.05, 0.1) is 20.0 Å². The summed E-state index contributed by atoms with van der Waals surface area (Å²) in [6.07, 6.45) is 0. The zero-order chi connectivity index (χ0) is 15.6. The van der Waals surface area contributed by atoms with Crippen LogP contribution in [0.25, 0.3) is 0 Å². The van der Waals surface area contributed by atoms with Gasteiger partial charge in [0.15, 0.2) is 0 Å². The third-order valence-electron chi connectivity index (χ3n) is 2.59. The predicted octanol–water partition coefficient (Wildman–Crippen LogP) is 4.40. The average molecular weight is 374 g/mol. The van der Waals surface area contributed by atoms with Crippen molar-refractivity contribution in [3.8, 4) is 0 Å². The smallest absolute Gasteiger partial charge is 0.270 e. The number of hydrogen-bond acceptors (Lipinski definition) is 3. The fraction of sp³-hybridized carbons (Fsp3) is 0. The molecule has 108 valence electrons. The Bertz CT molecular complexity index is 739. The van der Waals surface area contributed by atoms with Gasteiger partial charge in [-0.25, -0.2) is 4.39 Å². The highest BCUT2D eigenvalue weighted by Gasteiger charge is 2.15. The molecule has 0 saturated carbocycles. The van der Waals surface area contributed by atoms with Crippen LogP contribution >= 0.6 is 27.5 Å². The lowest BCUT2D eigenvalue weighted by Crippen LogP contribution is -2.12. The Kier molecular flexibility index (Phi) is 4.54. The Hall–Kier alpha value is -1.99. The highest BCUT2D eigenvalue weighted by molar-refractivity contribution is 9.10. The molecule has 0 bridgehead atoms. The van der Waals surface area contributed by atoms with E-state index in [4.69, 9.17) is 11.6 Å². The second kappa shape index (κ2) is 6.19. The van der Waals surface area contributed by atoms with Crippen molar-refractivity contribution in [2.45, 2.75) is 0 Å². The monoisotopic (exact) mass is 372 g/mol. The molecule has 2 aromatic rings. The number of amides is 1. The summed E-state index contributed by atoms with van der Waals surface area (Å²) in [6.45, 7) is 0. The molecule has 8 heteroatoms. The second-order valence-corrected chi connectivity index (χ2v) is 5.27. The van der Waals surface area contributed by atoms with E-state index in [0.717, 1.165) is 12.1 Å². The lowest BCUT2D eigenvalue weighted by molar-refractivity contribution is -0.384. The van der Waals surface area contributed by atoms with E-state index in [2.05, 4.69) is 21.2 Å². The van der Waals surface area contributed by atoms with Crippen LogP contribution in [-0.2, 0) is 0 Å². The Morgan fingerprint density at radius 1 is 1.29 bits per heavy atom. The number of hydrogen-bond donors (Lipinski definition) is 1. The molecule has 0 aliphatic carbocycles. The first-order valence-electron chi connectivity index (χ1n) is 5.59. The van der Waals surface area contributed by atoms with Gasteiger partial charge in [-0.2, -0.15) is 0 Å². The summed E-state index contributed by atoms with van der Waals surface area (Å²) in [6, 6.07) is 7.58. The maximum atomic E-state index is 13.4. The van der Waals surface area contributed by atoms with Crippen molar-refractivity contribution >= 4 is 44.8 Å². The van der Waals surface area contributed by atoms with Crippen molar-refractivity contribution in [3.63, 3.8) is 0 Å². The maximum absolute atomic E-state index is 13.4. The van der Waals surface area contributed by atoms with Gasteiger partial charge < -0.3 is 5.32 Å². The van der Waals surface area contributed by atoms with Crippen molar-refractivity contribution in [2.75, 3.05) is 5.32 Å². The van der Waals surface area contributed by atoms with E-state index in [0.29, 0.717) is 0 Å². The van der Waals surface area contributed by atoms with Crippen molar-refractivity contribution in [3.05, 3.63) is 67.4 Å². The molecule has 21 heavy (non-hydrogen) atoms. The maximum Gasteiger partial charge on any atom is 0.270 e. The number of nitrogens with zero attached hydrogens (tertiary/aromatic N) is 1. The summed E-state index contributed by atoms with van der Waals surface area (Å²) in [5, 5.41) is 13.0. The third kappa shape index (κ3) is 3.56. The lowest BCUT2D eigenvalue weighted by atomic mass is 10.2. The van der Waals surface area contributed by atoms with Crippen molar-refractivity contribution < 1.29 is 14.1 Å². The summed E-state index contributed by atoms with van der Waals surface area (Å²) in [5.74, 6) is -1.11. The molecule has 5 nitrogen and oxygen atoms in total. The summed E-state index contributed by atoms with van der Waals surface area (Å²) in [7, 11) is 0. The predicted molar refractivity (Wildman–Crippen MR) is 80.2 cm³/mol. The van der Waals surface area contributed by atoms with E-state index in [1.807, 2.05) is 0 Å². The fourth-order valence-corrected chi connectivity index (χ4v) is 2.08. The van der Waals surface area contributed by atoms with Gasteiger partial charge in [-0.3, -0.25) is 14.9 Å². The molecule has 0 fully saturated rings. The molecule has 0 spiro atoms. The van der Waals surface area contributed by atoms with Gasteiger partial charge in [-0.15, -0.1) is 0 Å². The van der Waals surface area contributed by atoms with Gasteiger partial charge in [-0.1, -0.05) is 11.6 Å². The molecule has 0 aliphatic heterocycles. The Morgan fingerprint density at radius 2 is 2.00 bits per heavy atom. The van der Waals surface area contributed by atoms with Crippen LogP contribution in [-0.4, -0.2) is 10.8 Å². The van der Waals surface area contributed by atoms with Crippen LogP contribution < -0.4 is 5.32 Å². The first kappa shape index (κ1) is 15.4. The molecule has 0 aromatic heterocycles.